The summed E-state index contributed by atoms with van der Waals surface area (Å²) in [6.45, 7) is 4.97. The molecule has 56 valence electrons. The Morgan fingerprint density at radius 2 is 1.78 bits per heavy atom. The first-order valence-electron chi connectivity index (χ1n) is 2.80. The Hall–Kier alpha value is -0.640. The molecule has 0 aromatic heterocycles. The van der Waals surface area contributed by atoms with E-state index in [1.807, 2.05) is 0 Å². The lowest BCUT2D eigenvalue weighted by atomic mass is 10.5. The van der Waals surface area contributed by atoms with Gasteiger partial charge in [0.1, 0.15) is 0 Å². The van der Waals surface area contributed by atoms with Gasteiger partial charge in [0.15, 0.2) is 0 Å². The number of hydrogen-bond donors (Lipinski definition) is 1. The minimum Gasteiger partial charge on any atom is -0.394 e. The highest BCUT2D eigenvalue weighted by atomic mass is 16.6. The first-order chi connectivity index (χ1) is 4.00. The molecule has 0 radical (unpaired) electrons. The van der Waals surface area contributed by atoms with Crippen molar-refractivity contribution in [3.63, 3.8) is 0 Å². The molecular weight excluding hydrogens is 122 g/mol. The van der Waals surface area contributed by atoms with Crippen LogP contribution in [0.2, 0.25) is 0 Å². The molecule has 4 nitrogen and oxygen atoms in total. The van der Waals surface area contributed by atoms with Gasteiger partial charge < -0.3 is 5.11 Å². The van der Waals surface area contributed by atoms with Crippen molar-refractivity contribution in [3.05, 3.63) is 10.1 Å². The predicted molar refractivity (Wildman–Crippen MR) is 34.9 cm³/mol. The van der Waals surface area contributed by atoms with Gasteiger partial charge in [-0.1, -0.05) is 0 Å². The number of hydrogen-bond acceptors (Lipinski definition) is 3. The molecular formula is C5H13NO3. The number of nitro groups is 1. The minimum atomic E-state index is -0.375. The van der Waals surface area contributed by atoms with Gasteiger partial charge >= 0.3 is 0 Å². The lowest BCUT2D eigenvalue weighted by Gasteiger charge is -1.80. The second-order valence-electron chi connectivity index (χ2n) is 1.74. The van der Waals surface area contributed by atoms with Crippen molar-refractivity contribution >= 4 is 0 Å². The van der Waals surface area contributed by atoms with E-state index in [1.54, 1.807) is 13.8 Å². The molecule has 0 aromatic carbocycles. The number of aliphatic hydroxyl groups excluding tert-OH is 1. The van der Waals surface area contributed by atoms with Gasteiger partial charge in [-0.25, -0.2) is 0 Å². The zero-order chi connectivity index (χ0) is 7.86. The van der Waals surface area contributed by atoms with Crippen molar-refractivity contribution in [1.29, 1.82) is 0 Å². The summed E-state index contributed by atoms with van der Waals surface area (Å²) in [5, 5.41) is 17.2. The van der Waals surface area contributed by atoms with Crippen LogP contribution in [-0.2, 0) is 0 Å². The SMILES string of the molecule is CC(C)O.CC[N+](=O)[O-]. The summed E-state index contributed by atoms with van der Waals surface area (Å²) in [5.74, 6) is 0. The second-order valence-corrected chi connectivity index (χ2v) is 1.74. The number of rotatable bonds is 1. The first-order valence-corrected chi connectivity index (χ1v) is 2.80. The maximum Gasteiger partial charge on any atom is 0.201 e. The number of aliphatic hydroxyl groups is 1. The fourth-order valence-corrected chi connectivity index (χ4v) is 0. The topological polar surface area (TPSA) is 63.4 Å². The minimum absolute atomic E-state index is 0.0278. The van der Waals surface area contributed by atoms with Gasteiger partial charge in [-0.15, -0.1) is 0 Å². The van der Waals surface area contributed by atoms with E-state index in [4.69, 9.17) is 5.11 Å². The quantitative estimate of drug-likeness (QED) is 0.424. The zero-order valence-electron chi connectivity index (χ0n) is 6.00. The zero-order valence-corrected chi connectivity index (χ0v) is 6.00. The monoisotopic (exact) mass is 135 g/mol. The van der Waals surface area contributed by atoms with E-state index in [2.05, 4.69) is 0 Å². The van der Waals surface area contributed by atoms with E-state index < -0.39 is 0 Å². The summed E-state index contributed by atoms with van der Waals surface area (Å²) in [6, 6.07) is 0. The smallest absolute Gasteiger partial charge is 0.201 e. The standard InChI is InChI=1S/C3H8O.C2H5NO2/c1-3(2)4;1-2-3(4)5/h3-4H,1-2H3;2H2,1H3. The molecule has 0 spiro atoms. The average Bonchev–Trinajstić information content (AvgIpc) is 1.65. The summed E-state index contributed by atoms with van der Waals surface area (Å²) in [6.07, 6.45) is -0.167. The van der Waals surface area contributed by atoms with Crippen LogP contribution in [-0.4, -0.2) is 22.7 Å². The molecule has 0 aliphatic carbocycles. The summed E-state index contributed by atoms with van der Waals surface area (Å²) < 4.78 is 0. The van der Waals surface area contributed by atoms with Crippen LogP contribution in [0.4, 0.5) is 0 Å². The fourth-order valence-electron chi connectivity index (χ4n) is 0. The van der Waals surface area contributed by atoms with E-state index in [0.29, 0.717) is 0 Å². The van der Waals surface area contributed by atoms with Gasteiger partial charge in [0.05, 0.1) is 0 Å². The molecule has 9 heavy (non-hydrogen) atoms. The summed E-state index contributed by atoms with van der Waals surface area (Å²) in [4.78, 5) is 8.80. The van der Waals surface area contributed by atoms with Gasteiger partial charge in [-0.2, -0.15) is 0 Å². The summed E-state index contributed by atoms with van der Waals surface area (Å²) in [5.41, 5.74) is 0. The normalized spacial score (nSPS) is 8.11. The summed E-state index contributed by atoms with van der Waals surface area (Å²) >= 11 is 0. The van der Waals surface area contributed by atoms with Crippen LogP contribution in [0.25, 0.3) is 0 Å². The van der Waals surface area contributed by atoms with Crippen LogP contribution in [0.5, 0.6) is 0 Å². The highest BCUT2D eigenvalue weighted by Crippen LogP contribution is 1.65. The van der Waals surface area contributed by atoms with Gasteiger partial charge in [-0.05, 0) is 13.8 Å². The van der Waals surface area contributed by atoms with E-state index in [9.17, 15) is 10.1 Å². The molecule has 0 bridgehead atoms. The van der Waals surface area contributed by atoms with Crippen LogP contribution in [0.1, 0.15) is 20.8 Å². The Labute approximate surface area is 54.7 Å². The van der Waals surface area contributed by atoms with Crippen LogP contribution in [0, 0.1) is 10.1 Å². The van der Waals surface area contributed by atoms with Crippen molar-refractivity contribution in [2.75, 3.05) is 6.54 Å². The second kappa shape index (κ2) is 7.36. The molecule has 0 aromatic rings. The van der Waals surface area contributed by atoms with Crippen LogP contribution in [0.3, 0.4) is 0 Å². The Kier molecular flexibility index (Phi) is 9.16. The van der Waals surface area contributed by atoms with Crippen molar-refractivity contribution < 1.29 is 10.0 Å². The molecule has 0 fully saturated rings. The van der Waals surface area contributed by atoms with E-state index in [0.717, 1.165) is 0 Å². The third kappa shape index (κ3) is 114. The Balaban J connectivity index is 0. The Morgan fingerprint density at radius 3 is 1.78 bits per heavy atom. The van der Waals surface area contributed by atoms with Gasteiger partial charge in [0.2, 0.25) is 6.54 Å². The molecule has 1 N–H and O–H groups in total. The maximum absolute atomic E-state index is 9.17. The molecule has 0 atom stereocenters. The van der Waals surface area contributed by atoms with E-state index in [-0.39, 0.29) is 17.6 Å². The third-order valence-electron chi connectivity index (χ3n) is 0.258. The average molecular weight is 135 g/mol. The lowest BCUT2D eigenvalue weighted by Crippen LogP contribution is -1.92. The van der Waals surface area contributed by atoms with Crippen molar-refractivity contribution in [2.24, 2.45) is 0 Å². The maximum atomic E-state index is 9.17. The van der Waals surface area contributed by atoms with Crippen molar-refractivity contribution in [2.45, 2.75) is 26.9 Å². The molecule has 0 unspecified atom stereocenters. The summed E-state index contributed by atoms with van der Waals surface area (Å²) in [7, 11) is 0. The van der Waals surface area contributed by atoms with Gasteiger partial charge in [0, 0.05) is 18.0 Å². The largest absolute Gasteiger partial charge is 0.394 e. The van der Waals surface area contributed by atoms with E-state index in [1.165, 1.54) is 6.92 Å². The predicted octanol–water partition coefficient (Wildman–Crippen LogP) is 0.670. The highest BCUT2D eigenvalue weighted by molar-refractivity contribution is 4.20. The first kappa shape index (κ1) is 11.2. The van der Waals surface area contributed by atoms with Gasteiger partial charge in [0.25, 0.3) is 0 Å². The fraction of sp³-hybridized carbons (Fsp3) is 1.00. The highest BCUT2D eigenvalue weighted by Gasteiger charge is 1.77. The number of nitrogens with zero attached hydrogens (tertiary/aromatic N) is 1. The molecule has 0 heterocycles. The molecule has 0 rings (SSSR count). The molecule has 4 heteroatoms. The Bertz CT molecular complexity index is 69.8. The molecule has 0 saturated carbocycles. The third-order valence-corrected chi connectivity index (χ3v) is 0.258. The van der Waals surface area contributed by atoms with Crippen LogP contribution < -0.4 is 0 Å². The Morgan fingerprint density at radius 1 is 1.67 bits per heavy atom. The molecule has 0 saturated heterocycles. The van der Waals surface area contributed by atoms with Crippen molar-refractivity contribution in [3.8, 4) is 0 Å². The molecule has 0 aliphatic rings. The van der Waals surface area contributed by atoms with Crippen LogP contribution in [0.15, 0.2) is 0 Å². The van der Waals surface area contributed by atoms with E-state index >= 15 is 0 Å². The molecule has 0 amide bonds. The van der Waals surface area contributed by atoms with Crippen molar-refractivity contribution in [1.82, 2.24) is 0 Å². The lowest BCUT2D eigenvalue weighted by molar-refractivity contribution is -0.475. The van der Waals surface area contributed by atoms with Gasteiger partial charge in [-0.3, -0.25) is 10.1 Å². The molecule has 0 aliphatic heterocycles. The van der Waals surface area contributed by atoms with Crippen LogP contribution >= 0.6 is 0 Å².